The van der Waals surface area contributed by atoms with Gasteiger partial charge < -0.3 is 15.3 Å². The van der Waals surface area contributed by atoms with Crippen LogP contribution in [0.25, 0.3) is 22.0 Å². The highest BCUT2D eigenvalue weighted by Gasteiger charge is 2.43. The van der Waals surface area contributed by atoms with Crippen molar-refractivity contribution >= 4 is 28.5 Å². The highest BCUT2D eigenvalue weighted by molar-refractivity contribution is 6.03. The van der Waals surface area contributed by atoms with Crippen molar-refractivity contribution in [3.63, 3.8) is 0 Å². The van der Waals surface area contributed by atoms with Gasteiger partial charge in [-0.3, -0.25) is 14.6 Å². The van der Waals surface area contributed by atoms with E-state index >= 15 is 0 Å². The maximum atomic E-state index is 13.3. The zero-order valence-corrected chi connectivity index (χ0v) is 19.1. The first kappa shape index (κ1) is 22.3. The minimum atomic E-state index is -1.09. The third-order valence-electron chi connectivity index (χ3n) is 6.50. The van der Waals surface area contributed by atoms with Crippen LogP contribution in [0, 0.1) is 12.8 Å². The molecule has 0 bridgehead atoms. The number of carbonyl (C=O) groups is 2. The van der Waals surface area contributed by atoms with E-state index in [0.717, 1.165) is 17.5 Å². The van der Waals surface area contributed by atoms with Crippen molar-refractivity contribution in [2.45, 2.75) is 45.4 Å². The lowest BCUT2D eigenvalue weighted by Crippen LogP contribution is -2.42. The molecule has 4 heterocycles. The van der Waals surface area contributed by atoms with Gasteiger partial charge in [-0.1, -0.05) is 6.92 Å². The number of likely N-dealkylation sites (tertiary alicyclic amines) is 1. The van der Waals surface area contributed by atoms with Gasteiger partial charge in [0, 0.05) is 48.1 Å². The first-order valence-electron chi connectivity index (χ1n) is 11.6. The van der Waals surface area contributed by atoms with Crippen LogP contribution in [0.2, 0.25) is 0 Å². The van der Waals surface area contributed by atoms with Gasteiger partial charge in [0.05, 0.1) is 23.2 Å². The Morgan fingerprint density at radius 1 is 1.21 bits per heavy atom. The Hall–Kier alpha value is -3.46. The largest absolute Gasteiger partial charge is 0.387 e. The second kappa shape index (κ2) is 8.72. The van der Waals surface area contributed by atoms with Crippen LogP contribution < -0.4 is 5.32 Å². The third kappa shape index (κ3) is 4.11. The Kier molecular flexibility index (Phi) is 5.73. The van der Waals surface area contributed by atoms with Gasteiger partial charge in [-0.25, -0.2) is 14.4 Å². The predicted molar refractivity (Wildman–Crippen MR) is 125 cm³/mol. The van der Waals surface area contributed by atoms with Crippen molar-refractivity contribution in [2.75, 3.05) is 18.4 Å². The Labute approximate surface area is 196 Å². The lowest BCUT2D eigenvalue weighted by molar-refractivity contribution is -0.117. The second-order valence-corrected chi connectivity index (χ2v) is 8.99. The molecule has 0 spiro atoms. The summed E-state index contributed by atoms with van der Waals surface area (Å²) in [4.78, 5) is 40.5. The molecular formula is C25H26FN5O3. The lowest BCUT2D eigenvalue weighted by Gasteiger charge is -2.31. The van der Waals surface area contributed by atoms with Crippen LogP contribution in [0.4, 0.5) is 10.2 Å². The molecule has 0 radical (unpaired) electrons. The smallest absolute Gasteiger partial charge is 0.273 e. The number of fused-ring (bicyclic) bond motifs is 1. The molecule has 2 amide bonds. The van der Waals surface area contributed by atoms with Crippen LogP contribution in [0.1, 0.15) is 54.0 Å². The highest BCUT2D eigenvalue weighted by atomic mass is 19.1. The molecule has 2 fully saturated rings. The molecule has 3 aromatic heterocycles. The van der Waals surface area contributed by atoms with Crippen LogP contribution >= 0.6 is 0 Å². The molecule has 5 rings (SSSR count). The van der Waals surface area contributed by atoms with Crippen LogP contribution in [-0.4, -0.2) is 56.0 Å². The molecule has 2 N–H and O–H groups in total. The number of aromatic nitrogens is 3. The topological polar surface area (TPSA) is 108 Å². The third-order valence-corrected chi connectivity index (χ3v) is 6.50. The molecule has 2 aliphatic rings. The number of aliphatic hydroxyl groups excluding tert-OH is 1. The summed E-state index contributed by atoms with van der Waals surface area (Å²) in [5, 5.41) is 13.5. The summed E-state index contributed by atoms with van der Waals surface area (Å²) in [6, 6.07) is 5.29. The Bertz CT molecular complexity index is 1290. The monoisotopic (exact) mass is 463 g/mol. The molecule has 9 heteroatoms. The number of amides is 2. The molecule has 8 nitrogen and oxygen atoms in total. The van der Waals surface area contributed by atoms with Crippen molar-refractivity contribution in [1.29, 1.82) is 0 Å². The normalized spacial score (nSPS) is 20.1. The van der Waals surface area contributed by atoms with Crippen molar-refractivity contribution in [2.24, 2.45) is 5.92 Å². The van der Waals surface area contributed by atoms with Gasteiger partial charge in [0.25, 0.3) is 5.91 Å². The summed E-state index contributed by atoms with van der Waals surface area (Å²) < 4.78 is 13.2. The van der Waals surface area contributed by atoms with Crippen molar-refractivity contribution in [3.05, 3.63) is 47.5 Å². The maximum Gasteiger partial charge on any atom is 0.273 e. The quantitative estimate of drug-likeness (QED) is 0.578. The number of alkyl halides is 1. The molecule has 3 aromatic rings. The number of hydrogen-bond donors (Lipinski definition) is 2. The summed E-state index contributed by atoms with van der Waals surface area (Å²) in [7, 11) is 0. The van der Waals surface area contributed by atoms with Crippen molar-refractivity contribution < 1.29 is 19.1 Å². The van der Waals surface area contributed by atoms with Crippen LogP contribution in [0.3, 0.4) is 0 Å². The van der Waals surface area contributed by atoms with E-state index < -0.39 is 24.1 Å². The molecule has 0 aromatic carbocycles. The number of nitrogens with zero attached hydrogens (tertiary/aromatic N) is 4. The van der Waals surface area contributed by atoms with Crippen LogP contribution in [0.15, 0.2) is 30.6 Å². The number of rotatable bonds is 6. The zero-order valence-electron chi connectivity index (χ0n) is 19.1. The van der Waals surface area contributed by atoms with Crippen molar-refractivity contribution in [3.8, 4) is 11.1 Å². The van der Waals surface area contributed by atoms with E-state index in [9.17, 15) is 19.1 Å². The number of aryl methyl sites for hydroxylation is 1. The fourth-order valence-corrected chi connectivity index (χ4v) is 4.08. The van der Waals surface area contributed by atoms with Gasteiger partial charge in [0.2, 0.25) is 5.91 Å². The standard InChI is InChI=1S/C25H26FN5O3/c1-3-21(32)20-7-13(2)17(12-27-20)15-8-14-11-28-22(30-24(33)16-9-18(16)26)10-19(14)29-23(15)25(34)31-5-4-6-31/h7-8,10-12,16,18,21,32H,3-6,9H2,1-2H3,(H,28,30,33)/t16-,18+,21?/m0/s1. The van der Waals surface area contributed by atoms with E-state index in [2.05, 4.69) is 20.3 Å². The van der Waals surface area contributed by atoms with Crippen molar-refractivity contribution in [1.82, 2.24) is 19.9 Å². The Morgan fingerprint density at radius 2 is 1.97 bits per heavy atom. The number of carbonyl (C=O) groups excluding carboxylic acids is 2. The SMILES string of the molecule is CCC(O)c1cc(C)c(-c2cc3cnc(NC(=O)[C@H]4C[C@H]4F)cc3nc2C(=O)N2CCC2)cn1. The number of nitrogens with one attached hydrogen (secondary N) is 1. The molecule has 1 unspecified atom stereocenters. The number of halogens is 1. The highest BCUT2D eigenvalue weighted by Crippen LogP contribution is 2.35. The zero-order chi connectivity index (χ0) is 24.0. The summed E-state index contributed by atoms with van der Waals surface area (Å²) in [5.74, 6) is -0.916. The summed E-state index contributed by atoms with van der Waals surface area (Å²) in [6.45, 7) is 5.16. The minimum Gasteiger partial charge on any atom is -0.387 e. The van der Waals surface area contributed by atoms with Gasteiger partial charge in [-0.15, -0.1) is 0 Å². The predicted octanol–water partition coefficient (Wildman–Crippen LogP) is 3.59. The Balaban J connectivity index is 1.57. The van der Waals surface area contributed by atoms with E-state index in [1.165, 1.54) is 0 Å². The minimum absolute atomic E-state index is 0.166. The molecule has 1 saturated heterocycles. The van der Waals surface area contributed by atoms with Gasteiger partial charge >= 0.3 is 0 Å². The van der Waals surface area contributed by atoms with E-state index in [4.69, 9.17) is 0 Å². The second-order valence-electron chi connectivity index (χ2n) is 8.99. The van der Waals surface area contributed by atoms with Crippen LogP contribution in [0.5, 0.6) is 0 Å². The number of hydrogen-bond acceptors (Lipinski definition) is 6. The fourth-order valence-electron chi connectivity index (χ4n) is 4.08. The molecule has 176 valence electrons. The van der Waals surface area contributed by atoms with Crippen LogP contribution in [-0.2, 0) is 4.79 Å². The number of anilines is 1. The molecule has 34 heavy (non-hydrogen) atoms. The summed E-state index contributed by atoms with van der Waals surface area (Å²) >= 11 is 0. The Morgan fingerprint density at radius 3 is 2.59 bits per heavy atom. The van der Waals surface area contributed by atoms with E-state index in [1.54, 1.807) is 23.4 Å². The first-order chi connectivity index (χ1) is 16.4. The lowest BCUT2D eigenvalue weighted by atomic mass is 9.97. The van der Waals surface area contributed by atoms with E-state index in [0.29, 0.717) is 47.4 Å². The van der Waals surface area contributed by atoms with Gasteiger partial charge in [-0.05, 0) is 43.9 Å². The fraction of sp³-hybridized carbons (Fsp3) is 0.400. The molecule has 1 aliphatic carbocycles. The maximum absolute atomic E-state index is 13.3. The van der Waals surface area contributed by atoms with E-state index in [1.807, 2.05) is 26.0 Å². The molecule has 3 atom stereocenters. The van der Waals surface area contributed by atoms with E-state index in [-0.39, 0.29) is 18.1 Å². The summed E-state index contributed by atoms with van der Waals surface area (Å²) in [6.07, 6.45) is 3.25. The average molecular weight is 464 g/mol. The number of pyridine rings is 3. The number of aliphatic hydroxyl groups is 1. The molecular weight excluding hydrogens is 437 g/mol. The average Bonchev–Trinajstić information content (AvgIpc) is 3.53. The van der Waals surface area contributed by atoms with Gasteiger partial charge in [0.15, 0.2) is 0 Å². The molecule has 1 saturated carbocycles. The first-order valence-corrected chi connectivity index (χ1v) is 11.6. The summed E-state index contributed by atoms with van der Waals surface area (Å²) in [5.41, 5.74) is 3.67. The van der Waals surface area contributed by atoms with Gasteiger partial charge in [0.1, 0.15) is 17.7 Å². The molecule has 1 aliphatic heterocycles. The van der Waals surface area contributed by atoms with Gasteiger partial charge in [-0.2, -0.15) is 0 Å².